The summed E-state index contributed by atoms with van der Waals surface area (Å²) < 4.78 is 9.19. The van der Waals surface area contributed by atoms with Gasteiger partial charge in [-0.05, 0) is 25.5 Å². The zero-order valence-electron chi connectivity index (χ0n) is 12.6. The molecule has 4 rings (SSSR count). The van der Waals surface area contributed by atoms with Gasteiger partial charge in [-0.1, -0.05) is 0 Å². The highest BCUT2D eigenvalue weighted by Gasteiger charge is 2.25. The van der Waals surface area contributed by atoms with E-state index >= 15 is 0 Å². The van der Waals surface area contributed by atoms with Gasteiger partial charge in [0, 0.05) is 30.5 Å². The number of rotatable bonds is 3. The fraction of sp³-hybridized carbons (Fsp3) is 0.400. The predicted octanol–water partition coefficient (Wildman–Crippen LogP) is 2.54. The smallest absolute Gasteiger partial charge is 0.175 e. The third kappa shape index (κ3) is 2.26. The Morgan fingerprint density at radius 2 is 2.23 bits per heavy atom. The van der Waals surface area contributed by atoms with Crippen molar-refractivity contribution in [2.45, 2.75) is 19.3 Å². The summed E-state index contributed by atoms with van der Waals surface area (Å²) in [6.07, 6.45) is 2.76. The highest BCUT2D eigenvalue weighted by atomic mass is 32.1. The summed E-state index contributed by atoms with van der Waals surface area (Å²) in [6.45, 7) is 3.60. The molecule has 3 aromatic heterocycles. The number of ether oxygens (including phenoxy) is 1. The van der Waals surface area contributed by atoms with Crippen LogP contribution in [0.3, 0.4) is 0 Å². The Morgan fingerprint density at radius 1 is 1.32 bits per heavy atom. The van der Waals surface area contributed by atoms with Crippen LogP contribution in [0.25, 0.3) is 16.5 Å². The van der Waals surface area contributed by atoms with E-state index in [4.69, 9.17) is 14.8 Å². The average Bonchev–Trinajstić information content (AvgIpc) is 3.23. The van der Waals surface area contributed by atoms with Crippen LogP contribution >= 0.6 is 11.3 Å². The van der Waals surface area contributed by atoms with Crippen molar-refractivity contribution in [3.63, 3.8) is 0 Å². The third-order valence-electron chi connectivity index (χ3n) is 3.89. The largest absolute Gasteiger partial charge is 0.381 e. The molecule has 0 aromatic carbocycles. The van der Waals surface area contributed by atoms with Crippen molar-refractivity contribution in [3.8, 4) is 16.5 Å². The molecule has 1 aliphatic heterocycles. The molecule has 114 valence electrons. The van der Waals surface area contributed by atoms with Crippen LogP contribution in [-0.4, -0.2) is 37.8 Å². The van der Waals surface area contributed by atoms with Crippen molar-refractivity contribution in [2.24, 2.45) is 7.05 Å². The van der Waals surface area contributed by atoms with Gasteiger partial charge in [-0.3, -0.25) is 4.68 Å². The van der Waals surface area contributed by atoms with Gasteiger partial charge in [-0.2, -0.15) is 9.78 Å². The summed E-state index contributed by atoms with van der Waals surface area (Å²) in [7, 11) is 1.92. The van der Waals surface area contributed by atoms with Gasteiger partial charge in [0.15, 0.2) is 17.5 Å². The third-order valence-corrected chi connectivity index (χ3v) is 4.89. The molecule has 0 saturated carbocycles. The molecule has 4 heterocycles. The van der Waals surface area contributed by atoms with Gasteiger partial charge in [-0.15, -0.1) is 16.4 Å². The van der Waals surface area contributed by atoms with Gasteiger partial charge in [0.25, 0.3) is 0 Å². The molecular formula is C15H17N5OS. The van der Waals surface area contributed by atoms with Gasteiger partial charge < -0.3 is 4.74 Å². The predicted molar refractivity (Wildman–Crippen MR) is 84.4 cm³/mol. The summed E-state index contributed by atoms with van der Waals surface area (Å²) >= 11 is 1.73. The van der Waals surface area contributed by atoms with Crippen LogP contribution in [0.5, 0.6) is 0 Å². The molecule has 22 heavy (non-hydrogen) atoms. The van der Waals surface area contributed by atoms with Crippen LogP contribution in [0.1, 0.15) is 23.0 Å². The zero-order valence-corrected chi connectivity index (χ0v) is 13.4. The molecule has 0 bridgehead atoms. The molecule has 0 aliphatic carbocycles. The number of thiophene rings is 1. The minimum absolute atomic E-state index is 0.286. The molecule has 3 aromatic rings. The van der Waals surface area contributed by atoms with Crippen molar-refractivity contribution in [3.05, 3.63) is 35.1 Å². The standard InChI is InChI=1S/C15H17N5OS/c1-10-3-4-12(22-10)15-17-14(11-6-8-21-9-11)18-20(15)13-5-7-16-19(13)2/h3-5,7,11H,6,8-9H2,1-2H3. The van der Waals surface area contributed by atoms with E-state index in [1.165, 1.54) is 4.88 Å². The lowest BCUT2D eigenvalue weighted by molar-refractivity contribution is 0.193. The molecule has 0 N–H and O–H groups in total. The summed E-state index contributed by atoms with van der Waals surface area (Å²) in [5.41, 5.74) is 0. The van der Waals surface area contributed by atoms with E-state index in [-0.39, 0.29) is 5.92 Å². The molecule has 1 atom stereocenters. The highest BCUT2D eigenvalue weighted by Crippen LogP contribution is 2.31. The van der Waals surface area contributed by atoms with Gasteiger partial charge in [0.05, 0.1) is 17.7 Å². The Bertz CT molecular complexity index is 797. The zero-order chi connectivity index (χ0) is 15.1. The van der Waals surface area contributed by atoms with Crippen molar-refractivity contribution < 1.29 is 4.74 Å². The van der Waals surface area contributed by atoms with Gasteiger partial charge in [0.2, 0.25) is 0 Å². The molecule has 0 radical (unpaired) electrons. The maximum Gasteiger partial charge on any atom is 0.175 e. The molecule has 0 amide bonds. The summed E-state index contributed by atoms with van der Waals surface area (Å²) in [6, 6.07) is 6.17. The molecule has 7 heteroatoms. The van der Waals surface area contributed by atoms with Crippen LogP contribution in [-0.2, 0) is 11.8 Å². The number of aryl methyl sites for hydroxylation is 2. The molecule has 1 fully saturated rings. The van der Waals surface area contributed by atoms with Crippen LogP contribution in [0.2, 0.25) is 0 Å². The highest BCUT2D eigenvalue weighted by molar-refractivity contribution is 7.15. The van der Waals surface area contributed by atoms with Crippen molar-refractivity contribution in [1.29, 1.82) is 0 Å². The molecule has 0 spiro atoms. The van der Waals surface area contributed by atoms with Crippen molar-refractivity contribution in [1.82, 2.24) is 24.5 Å². The minimum Gasteiger partial charge on any atom is -0.381 e. The Morgan fingerprint density at radius 3 is 2.86 bits per heavy atom. The van der Waals surface area contributed by atoms with Gasteiger partial charge >= 0.3 is 0 Å². The molecular weight excluding hydrogens is 298 g/mol. The quantitative estimate of drug-likeness (QED) is 0.745. The van der Waals surface area contributed by atoms with E-state index in [2.05, 4.69) is 24.2 Å². The lowest BCUT2D eigenvalue weighted by Crippen LogP contribution is -2.07. The average molecular weight is 315 g/mol. The van der Waals surface area contributed by atoms with Crippen molar-refractivity contribution >= 4 is 11.3 Å². The first-order valence-corrected chi connectivity index (χ1v) is 8.14. The molecule has 1 unspecified atom stereocenters. The number of aromatic nitrogens is 5. The summed E-state index contributed by atoms with van der Waals surface area (Å²) in [4.78, 5) is 7.20. The van der Waals surface area contributed by atoms with Crippen LogP contribution in [0, 0.1) is 6.92 Å². The maximum atomic E-state index is 5.48. The number of hydrogen-bond donors (Lipinski definition) is 0. The van der Waals surface area contributed by atoms with E-state index in [1.807, 2.05) is 22.5 Å². The van der Waals surface area contributed by atoms with Crippen molar-refractivity contribution in [2.75, 3.05) is 13.2 Å². The molecule has 1 aliphatic rings. The normalized spacial score (nSPS) is 18.2. The van der Waals surface area contributed by atoms with Gasteiger partial charge in [0.1, 0.15) is 0 Å². The van der Waals surface area contributed by atoms with Gasteiger partial charge in [-0.25, -0.2) is 4.98 Å². The Balaban J connectivity index is 1.85. The summed E-state index contributed by atoms with van der Waals surface area (Å²) in [5, 5.41) is 9.00. The fourth-order valence-corrected chi connectivity index (χ4v) is 3.53. The minimum atomic E-state index is 0.286. The Kier molecular flexibility index (Phi) is 3.31. The van der Waals surface area contributed by atoms with Crippen LogP contribution < -0.4 is 0 Å². The monoisotopic (exact) mass is 315 g/mol. The fourth-order valence-electron chi connectivity index (χ4n) is 2.69. The number of hydrogen-bond acceptors (Lipinski definition) is 5. The van der Waals surface area contributed by atoms with E-state index < -0.39 is 0 Å². The topological polar surface area (TPSA) is 57.8 Å². The second-order valence-corrected chi connectivity index (χ2v) is 6.78. The first kappa shape index (κ1) is 13.7. The van der Waals surface area contributed by atoms with E-state index in [9.17, 15) is 0 Å². The van der Waals surface area contributed by atoms with E-state index in [0.717, 1.165) is 35.4 Å². The van der Waals surface area contributed by atoms with Crippen LogP contribution in [0.15, 0.2) is 24.4 Å². The number of nitrogens with zero attached hydrogens (tertiary/aromatic N) is 5. The SMILES string of the molecule is Cc1ccc(-c2nc(C3CCOC3)nn2-c2ccnn2C)s1. The Labute approximate surface area is 132 Å². The van der Waals surface area contributed by atoms with E-state index in [1.54, 1.807) is 17.5 Å². The summed E-state index contributed by atoms with van der Waals surface area (Å²) in [5.74, 6) is 2.94. The molecule has 6 nitrogen and oxygen atoms in total. The second kappa shape index (κ2) is 5.33. The maximum absolute atomic E-state index is 5.48. The van der Waals surface area contributed by atoms with E-state index in [0.29, 0.717) is 6.61 Å². The molecule has 1 saturated heterocycles. The van der Waals surface area contributed by atoms with Crippen LogP contribution in [0.4, 0.5) is 0 Å². The second-order valence-electron chi connectivity index (χ2n) is 5.49. The first-order valence-electron chi connectivity index (χ1n) is 7.32. The Hall–Kier alpha value is -1.99. The first-order chi connectivity index (χ1) is 10.7. The lowest BCUT2D eigenvalue weighted by Gasteiger charge is -2.04. The lowest BCUT2D eigenvalue weighted by atomic mass is 10.1.